The second-order valence-electron chi connectivity index (χ2n) is 8.42. The highest BCUT2D eigenvalue weighted by Gasteiger charge is 2.18. The third kappa shape index (κ3) is 5.63. The standard InChI is InChI=1S/C26H26N6OS/c1-18-14-24(31-30-18)27-23-17-25(32-12-5-13-32)29-26(28-23)34-22-10-8-20(9-11-22)16-21(33)15-19-6-3-2-4-7-19/h2-4,6-11,14,17H,5,12-13,15-16H2,1H3,(H2,27,28,29,30,31). The van der Waals surface area contributed by atoms with Gasteiger partial charge in [0.1, 0.15) is 17.4 Å². The van der Waals surface area contributed by atoms with Crippen molar-refractivity contribution >= 4 is 35.0 Å². The van der Waals surface area contributed by atoms with Gasteiger partial charge in [0.15, 0.2) is 11.0 Å². The quantitative estimate of drug-likeness (QED) is 0.334. The van der Waals surface area contributed by atoms with Crippen molar-refractivity contribution in [1.82, 2.24) is 20.2 Å². The van der Waals surface area contributed by atoms with Crippen LogP contribution in [0.15, 0.2) is 76.8 Å². The minimum Gasteiger partial charge on any atom is -0.356 e. The third-order valence-electron chi connectivity index (χ3n) is 5.61. The number of ketones is 1. The van der Waals surface area contributed by atoms with E-state index >= 15 is 0 Å². The molecule has 0 bridgehead atoms. The lowest BCUT2D eigenvalue weighted by Crippen LogP contribution is -2.37. The molecule has 0 spiro atoms. The van der Waals surface area contributed by atoms with Crippen molar-refractivity contribution in [3.63, 3.8) is 0 Å². The van der Waals surface area contributed by atoms with E-state index in [-0.39, 0.29) is 5.78 Å². The summed E-state index contributed by atoms with van der Waals surface area (Å²) >= 11 is 1.51. The number of carbonyl (C=O) groups excluding carboxylic acids is 1. The van der Waals surface area contributed by atoms with E-state index in [9.17, 15) is 4.79 Å². The number of aryl methyl sites for hydroxylation is 1. The van der Waals surface area contributed by atoms with Crippen LogP contribution >= 0.6 is 11.8 Å². The van der Waals surface area contributed by atoms with Crippen LogP contribution in [-0.4, -0.2) is 39.0 Å². The van der Waals surface area contributed by atoms with Gasteiger partial charge in [-0.2, -0.15) is 5.10 Å². The van der Waals surface area contributed by atoms with E-state index in [0.717, 1.165) is 46.4 Å². The zero-order chi connectivity index (χ0) is 23.3. The fraction of sp³-hybridized carbons (Fsp3) is 0.231. The Morgan fingerprint density at radius 1 is 0.971 bits per heavy atom. The van der Waals surface area contributed by atoms with E-state index in [2.05, 4.69) is 20.4 Å². The molecule has 0 saturated carbocycles. The lowest BCUT2D eigenvalue weighted by Gasteiger charge is -2.32. The van der Waals surface area contributed by atoms with Crippen LogP contribution in [0.4, 0.5) is 17.5 Å². The summed E-state index contributed by atoms with van der Waals surface area (Å²) in [5.74, 6) is 2.57. The highest BCUT2D eigenvalue weighted by Crippen LogP contribution is 2.30. The van der Waals surface area contributed by atoms with E-state index in [1.165, 1.54) is 18.2 Å². The minimum absolute atomic E-state index is 0.210. The molecule has 0 atom stereocenters. The molecule has 4 aromatic rings. The minimum atomic E-state index is 0.210. The number of benzene rings is 2. The summed E-state index contributed by atoms with van der Waals surface area (Å²) in [6.45, 7) is 3.98. The predicted octanol–water partition coefficient (Wildman–Crippen LogP) is 4.97. The maximum atomic E-state index is 12.4. The second kappa shape index (κ2) is 10.1. The van der Waals surface area contributed by atoms with Crippen LogP contribution in [0.5, 0.6) is 0 Å². The number of H-pyrrole nitrogens is 1. The first-order chi connectivity index (χ1) is 16.6. The van der Waals surface area contributed by atoms with Gasteiger partial charge in [0.25, 0.3) is 0 Å². The van der Waals surface area contributed by atoms with Crippen molar-refractivity contribution in [3.8, 4) is 0 Å². The summed E-state index contributed by atoms with van der Waals surface area (Å²) in [6, 6.07) is 21.8. The lowest BCUT2D eigenvalue weighted by molar-refractivity contribution is -0.117. The highest BCUT2D eigenvalue weighted by molar-refractivity contribution is 7.99. The second-order valence-corrected chi connectivity index (χ2v) is 9.46. The molecule has 0 radical (unpaired) electrons. The summed E-state index contributed by atoms with van der Waals surface area (Å²) in [6.07, 6.45) is 2.07. The van der Waals surface area contributed by atoms with E-state index in [1.54, 1.807) is 0 Å². The third-order valence-corrected chi connectivity index (χ3v) is 6.49. The molecule has 0 aliphatic carbocycles. The summed E-state index contributed by atoms with van der Waals surface area (Å²) in [7, 11) is 0. The van der Waals surface area contributed by atoms with Gasteiger partial charge in [-0.1, -0.05) is 42.5 Å². The van der Waals surface area contributed by atoms with E-state index in [4.69, 9.17) is 9.97 Å². The molecule has 5 rings (SSSR count). The smallest absolute Gasteiger partial charge is 0.196 e. The number of aromatic nitrogens is 4. The van der Waals surface area contributed by atoms with Crippen molar-refractivity contribution in [2.45, 2.75) is 36.2 Å². The van der Waals surface area contributed by atoms with Gasteiger partial charge in [-0.3, -0.25) is 9.89 Å². The first kappa shape index (κ1) is 22.2. The number of nitrogens with zero attached hydrogens (tertiary/aromatic N) is 4. The van der Waals surface area contributed by atoms with Gasteiger partial charge in [0, 0.05) is 48.7 Å². The lowest BCUT2D eigenvalue weighted by atomic mass is 10.0. The zero-order valence-corrected chi connectivity index (χ0v) is 19.8. The number of hydrogen-bond donors (Lipinski definition) is 2. The first-order valence-electron chi connectivity index (χ1n) is 11.4. The van der Waals surface area contributed by atoms with Gasteiger partial charge in [-0.25, -0.2) is 9.97 Å². The van der Waals surface area contributed by atoms with E-state index in [1.807, 2.05) is 73.7 Å². The van der Waals surface area contributed by atoms with Gasteiger partial charge in [-0.15, -0.1) is 0 Å². The van der Waals surface area contributed by atoms with Gasteiger partial charge < -0.3 is 10.2 Å². The molecular formula is C26H26N6OS. The Morgan fingerprint density at radius 3 is 2.35 bits per heavy atom. The predicted molar refractivity (Wildman–Crippen MR) is 135 cm³/mol. The Balaban J connectivity index is 1.27. The average Bonchev–Trinajstić information content (AvgIpc) is 3.19. The summed E-state index contributed by atoms with van der Waals surface area (Å²) in [5.41, 5.74) is 3.04. The molecule has 1 saturated heterocycles. The molecule has 0 amide bonds. The molecule has 2 aromatic heterocycles. The Bertz CT molecular complexity index is 1270. The van der Waals surface area contributed by atoms with Gasteiger partial charge in [0.05, 0.1) is 0 Å². The van der Waals surface area contributed by atoms with Gasteiger partial charge in [0.2, 0.25) is 0 Å². The number of hydrogen-bond acceptors (Lipinski definition) is 7. The highest BCUT2D eigenvalue weighted by atomic mass is 32.2. The van der Waals surface area contributed by atoms with Gasteiger partial charge in [-0.05, 0) is 48.4 Å². The zero-order valence-electron chi connectivity index (χ0n) is 19.0. The Labute approximate surface area is 203 Å². The molecule has 1 aliphatic rings. The van der Waals surface area contributed by atoms with Crippen LogP contribution in [0.1, 0.15) is 23.2 Å². The number of carbonyl (C=O) groups is 1. The molecule has 2 aromatic carbocycles. The molecule has 3 heterocycles. The van der Waals surface area contributed by atoms with Gasteiger partial charge >= 0.3 is 0 Å². The monoisotopic (exact) mass is 470 g/mol. The van der Waals surface area contributed by atoms with Crippen LogP contribution in [0.25, 0.3) is 0 Å². The molecular weight excluding hydrogens is 444 g/mol. The topological polar surface area (TPSA) is 86.8 Å². The molecule has 34 heavy (non-hydrogen) atoms. The molecule has 0 unspecified atom stereocenters. The Kier molecular flexibility index (Phi) is 6.58. The fourth-order valence-electron chi connectivity index (χ4n) is 3.74. The number of rotatable bonds is 9. The van der Waals surface area contributed by atoms with E-state index in [0.29, 0.717) is 23.8 Å². The molecule has 2 N–H and O–H groups in total. The van der Waals surface area contributed by atoms with Crippen molar-refractivity contribution in [3.05, 3.63) is 83.6 Å². The summed E-state index contributed by atoms with van der Waals surface area (Å²) in [4.78, 5) is 25.2. The molecule has 1 aliphatic heterocycles. The number of aromatic amines is 1. The van der Waals surface area contributed by atoms with Crippen molar-refractivity contribution in [2.75, 3.05) is 23.3 Å². The molecule has 172 valence electrons. The van der Waals surface area contributed by atoms with Crippen molar-refractivity contribution in [2.24, 2.45) is 0 Å². The SMILES string of the molecule is Cc1cc(Nc2cc(N3CCC3)nc(Sc3ccc(CC(=O)Cc4ccccc4)cc3)n2)n[nH]1. The van der Waals surface area contributed by atoms with Crippen molar-refractivity contribution < 1.29 is 4.79 Å². The number of nitrogens with one attached hydrogen (secondary N) is 2. The normalized spacial score (nSPS) is 12.9. The Hall–Kier alpha value is -3.65. The van der Waals surface area contributed by atoms with Crippen LogP contribution in [0.2, 0.25) is 0 Å². The maximum Gasteiger partial charge on any atom is 0.196 e. The van der Waals surface area contributed by atoms with Crippen LogP contribution in [0, 0.1) is 6.92 Å². The van der Waals surface area contributed by atoms with Crippen LogP contribution < -0.4 is 10.2 Å². The molecule has 1 fully saturated rings. The fourth-order valence-corrected chi connectivity index (χ4v) is 4.50. The van der Waals surface area contributed by atoms with Crippen LogP contribution in [-0.2, 0) is 17.6 Å². The molecule has 8 heteroatoms. The summed E-state index contributed by atoms with van der Waals surface area (Å²) in [5, 5.41) is 11.1. The Morgan fingerprint density at radius 2 is 1.71 bits per heavy atom. The number of Topliss-reactive ketones (excluding diaryl/α,β-unsaturated/α-hetero) is 1. The van der Waals surface area contributed by atoms with Crippen LogP contribution in [0.3, 0.4) is 0 Å². The van der Waals surface area contributed by atoms with E-state index < -0.39 is 0 Å². The maximum absolute atomic E-state index is 12.4. The largest absolute Gasteiger partial charge is 0.356 e. The first-order valence-corrected chi connectivity index (χ1v) is 12.2. The summed E-state index contributed by atoms with van der Waals surface area (Å²) < 4.78 is 0. The molecule has 7 nitrogen and oxygen atoms in total. The average molecular weight is 471 g/mol. The number of anilines is 3. The van der Waals surface area contributed by atoms with Crippen molar-refractivity contribution in [1.29, 1.82) is 0 Å².